The molecule has 0 unspecified atom stereocenters. The van der Waals surface area contributed by atoms with Gasteiger partial charge in [0.15, 0.2) is 0 Å². The van der Waals surface area contributed by atoms with Crippen molar-refractivity contribution in [3.63, 3.8) is 0 Å². The fourth-order valence-corrected chi connectivity index (χ4v) is 5.20. The maximum absolute atomic E-state index is 13.0. The molecule has 0 aliphatic carbocycles. The number of nitrogens with zero attached hydrogens (tertiary/aromatic N) is 2. The van der Waals surface area contributed by atoms with Gasteiger partial charge >= 0.3 is 11.7 Å². The predicted octanol–water partition coefficient (Wildman–Crippen LogP) is 3.06. The average Bonchev–Trinajstić information content (AvgIpc) is 2.79. The van der Waals surface area contributed by atoms with E-state index in [1.807, 2.05) is 13.8 Å². The highest BCUT2D eigenvalue weighted by molar-refractivity contribution is 6.31. The largest absolute Gasteiger partial charge is 0.422 e. The van der Waals surface area contributed by atoms with Gasteiger partial charge in [0.2, 0.25) is 0 Å². The summed E-state index contributed by atoms with van der Waals surface area (Å²) < 4.78 is 5.82. The predicted molar refractivity (Wildman–Crippen MR) is 124 cm³/mol. The lowest BCUT2D eigenvalue weighted by Gasteiger charge is -2.37. The molecule has 0 radical (unpaired) electrons. The third-order valence-corrected chi connectivity index (χ3v) is 6.90. The third-order valence-electron chi connectivity index (χ3n) is 6.90. The normalized spacial score (nSPS) is 19.3. The number of aryl methyl sites for hydroxylation is 3. The van der Waals surface area contributed by atoms with Crippen LogP contribution in [0.25, 0.3) is 17.0 Å². The summed E-state index contributed by atoms with van der Waals surface area (Å²) in [7, 11) is 0. The van der Waals surface area contributed by atoms with Gasteiger partial charge in [-0.15, -0.1) is 0 Å². The summed E-state index contributed by atoms with van der Waals surface area (Å²) in [6.07, 6.45) is 6.62. The lowest BCUT2D eigenvalue weighted by atomic mass is 9.88. The van der Waals surface area contributed by atoms with E-state index in [4.69, 9.17) is 4.42 Å². The van der Waals surface area contributed by atoms with Crippen molar-refractivity contribution < 1.29 is 18.8 Å². The Morgan fingerprint density at radius 1 is 1.12 bits per heavy atom. The lowest BCUT2D eigenvalue weighted by Crippen LogP contribution is -2.54. The quantitative estimate of drug-likeness (QED) is 0.438. The van der Waals surface area contributed by atoms with Crippen molar-refractivity contribution in [3.05, 3.63) is 44.3 Å². The van der Waals surface area contributed by atoms with Gasteiger partial charge in [0.25, 0.3) is 11.8 Å². The number of carbonyl (C=O) groups is 3. The molecule has 0 bridgehead atoms. The van der Waals surface area contributed by atoms with E-state index in [-0.39, 0.29) is 17.7 Å². The number of amides is 4. The van der Waals surface area contributed by atoms with Gasteiger partial charge in [0.05, 0.1) is 5.56 Å². The summed E-state index contributed by atoms with van der Waals surface area (Å²) in [5.41, 5.74) is 4.16. The lowest BCUT2D eigenvalue weighted by molar-refractivity contribution is -0.130. The molecule has 0 atom stereocenters. The Labute approximate surface area is 191 Å². The molecule has 4 heterocycles. The fraction of sp³-hybridized carbons (Fsp3) is 0.440. The van der Waals surface area contributed by atoms with Crippen molar-refractivity contribution >= 4 is 40.6 Å². The maximum Gasteiger partial charge on any atom is 0.343 e. The maximum atomic E-state index is 13.0. The minimum atomic E-state index is -0.798. The summed E-state index contributed by atoms with van der Waals surface area (Å²) in [5.74, 6) is -1.49. The van der Waals surface area contributed by atoms with Gasteiger partial charge in [-0.3, -0.25) is 19.8 Å². The van der Waals surface area contributed by atoms with Gasteiger partial charge in [-0.25, -0.2) is 9.59 Å². The molecule has 1 aromatic carbocycles. The number of hydrogen-bond acceptors (Lipinski definition) is 6. The molecule has 1 saturated heterocycles. The Bertz CT molecular complexity index is 1290. The van der Waals surface area contributed by atoms with E-state index >= 15 is 0 Å². The monoisotopic (exact) mass is 449 g/mol. The topological polar surface area (TPSA) is 99.9 Å². The molecule has 2 aromatic rings. The molecule has 5 rings (SSSR count). The van der Waals surface area contributed by atoms with Gasteiger partial charge in [0, 0.05) is 36.3 Å². The highest BCUT2D eigenvalue weighted by Crippen LogP contribution is 2.40. The van der Waals surface area contributed by atoms with Crippen molar-refractivity contribution in [3.8, 4) is 0 Å². The first-order valence-corrected chi connectivity index (χ1v) is 11.7. The zero-order valence-corrected chi connectivity index (χ0v) is 19.0. The number of urea groups is 1. The van der Waals surface area contributed by atoms with E-state index in [0.717, 1.165) is 61.0 Å². The van der Waals surface area contributed by atoms with Crippen molar-refractivity contribution in [2.45, 2.75) is 52.4 Å². The van der Waals surface area contributed by atoms with Crippen molar-refractivity contribution in [2.75, 3.05) is 24.5 Å². The fourth-order valence-electron chi connectivity index (χ4n) is 5.20. The number of anilines is 1. The van der Waals surface area contributed by atoms with E-state index in [0.29, 0.717) is 17.6 Å². The summed E-state index contributed by atoms with van der Waals surface area (Å²) in [4.78, 5) is 54.0. The zero-order valence-electron chi connectivity index (χ0n) is 19.0. The molecule has 1 N–H and O–H groups in total. The first-order chi connectivity index (χ1) is 15.9. The number of hydrogen-bond donors (Lipinski definition) is 1. The minimum Gasteiger partial charge on any atom is -0.422 e. The summed E-state index contributed by atoms with van der Waals surface area (Å²) in [6, 6.07) is 1.36. The number of nitrogens with one attached hydrogen (secondary N) is 1. The van der Waals surface area contributed by atoms with Gasteiger partial charge in [-0.1, -0.05) is 13.3 Å². The Morgan fingerprint density at radius 2 is 1.88 bits per heavy atom. The van der Waals surface area contributed by atoms with Crippen molar-refractivity contribution in [1.29, 1.82) is 0 Å². The van der Waals surface area contributed by atoms with E-state index in [1.165, 1.54) is 17.3 Å². The van der Waals surface area contributed by atoms with E-state index in [2.05, 4.69) is 16.3 Å². The molecule has 8 heteroatoms. The Balaban J connectivity index is 1.65. The molecule has 1 aromatic heterocycles. The van der Waals surface area contributed by atoms with Crippen LogP contribution in [-0.2, 0) is 22.4 Å². The Kier molecular flexibility index (Phi) is 5.31. The van der Waals surface area contributed by atoms with Crippen LogP contribution in [0.4, 0.5) is 10.5 Å². The van der Waals surface area contributed by atoms with Crippen LogP contribution >= 0.6 is 0 Å². The summed E-state index contributed by atoms with van der Waals surface area (Å²) in [6.45, 7) is 6.01. The summed E-state index contributed by atoms with van der Waals surface area (Å²) >= 11 is 0. The smallest absolute Gasteiger partial charge is 0.343 e. The van der Waals surface area contributed by atoms with E-state index < -0.39 is 23.5 Å². The summed E-state index contributed by atoms with van der Waals surface area (Å²) in [5, 5.41) is 3.04. The van der Waals surface area contributed by atoms with Crippen LogP contribution < -0.4 is 15.8 Å². The minimum absolute atomic E-state index is 0.168. The van der Waals surface area contributed by atoms with Crippen LogP contribution in [0.15, 0.2) is 20.9 Å². The second-order valence-electron chi connectivity index (χ2n) is 8.99. The van der Waals surface area contributed by atoms with E-state index in [9.17, 15) is 19.2 Å². The SMILES string of the molecule is CCCCN1C(=O)NC(=O)/C(=C\c2c(C)c3cc4c5c(c3oc2=O)CCCN5CCC4)C1=O. The number of benzene rings is 1. The van der Waals surface area contributed by atoms with Crippen LogP contribution in [0.1, 0.15) is 54.9 Å². The zero-order chi connectivity index (χ0) is 23.3. The molecule has 3 aliphatic rings. The average molecular weight is 450 g/mol. The molecule has 3 aliphatic heterocycles. The Hall–Kier alpha value is -3.42. The molecular formula is C25H27N3O5. The van der Waals surface area contributed by atoms with Crippen LogP contribution in [0.3, 0.4) is 0 Å². The van der Waals surface area contributed by atoms with Crippen LogP contribution in [0, 0.1) is 6.92 Å². The second kappa shape index (κ2) is 8.17. The number of unbranched alkanes of at least 4 members (excludes halogenated alkanes) is 1. The molecule has 172 valence electrons. The Morgan fingerprint density at radius 3 is 2.64 bits per heavy atom. The molecule has 33 heavy (non-hydrogen) atoms. The second-order valence-corrected chi connectivity index (χ2v) is 8.99. The van der Waals surface area contributed by atoms with Gasteiger partial charge in [0.1, 0.15) is 11.2 Å². The highest BCUT2D eigenvalue weighted by atomic mass is 16.4. The highest BCUT2D eigenvalue weighted by Gasteiger charge is 2.36. The molecule has 0 spiro atoms. The number of fused-ring (bicyclic) bond motifs is 2. The molecule has 1 fully saturated rings. The molecule has 4 amide bonds. The first-order valence-electron chi connectivity index (χ1n) is 11.7. The van der Waals surface area contributed by atoms with Crippen molar-refractivity contribution in [1.82, 2.24) is 10.2 Å². The molecule has 0 saturated carbocycles. The number of rotatable bonds is 4. The van der Waals surface area contributed by atoms with Gasteiger partial charge in [-0.2, -0.15) is 0 Å². The number of carbonyl (C=O) groups excluding carboxylic acids is 3. The van der Waals surface area contributed by atoms with Crippen LogP contribution in [0.2, 0.25) is 0 Å². The number of barbiturate groups is 1. The first kappa shape index (κ1) is 21.4. The molecular weight excluding hydrogens is 422 g/mol. The van der Waals surface area contributed by atoms with E-state index in [1.54, 1.807) is 0 Å². The molecule has 8 nitrogen and oxygen atoms in total. The van der Waals surface area contributed by atoms with Gasteiger partial charge in [-0.05, 0) is 62.3 Å². The van der Waals surface area contributed by atoms with Crippen LogP contribution in [0.5, 0.6) is 0 Å². The van der Waals surface area contributed by atoms with Gasteiger partial charge < -0.3 is 9.32 Å². The van der Waals surface area contributed by atoms with Crippen molar-refractivity contribution in [2.24, 2.45) is 0 Å². The number of imide groups is 2. The van der Waals surface area contributed by atoms with Crippen LogP contribution in [-0.4, -0.2) is 42.4 Å². The third kappa shape index (κ3) is 3.44. The standard InChI is InChI=1S/C25H27N3O5/c1-3-4-11-28-23(30)19(22(29)26-25(28)32)13-18-14(2)17-12-15-7-5-9-27-10-6-8-16(20(15)27)21(17)33-24(18)31/h12-13H,3-11H2,1-2H3,(H,26,29,32)/b19-13+.